The quantitative estimate of drug-likeness (QED) is 0.862. The maximum Gasteiger partial charge on any atom is 0.416 e. The smallest absolute Gasteiger partial charge is 0.383 e. The summed E-state index contributed by atoms with van der Waals surface area (Å²) in [6, 6.07) is 4.83. The Kier molecular flexibility index (Phi) is 3.28. The van der Waals surface area contributed by atoms with Crippen molar-refractivity contribution >= 4 is 5.82 Å². The molecule has 1 aromatic heterocycles. The number of nitrogen functional groups attached to an aromatic ring is 1. The summed E-state index contributed by atoms with van der Waals surface area (Å²) in [5.74, 6) is 0.442. The number of benzene rings is 1. The van der Waals surface area contributed by atoms with Crippen molar-refractivity contribution in [1.29, 1.82) is 0 Å². The van der Waals surface area contributed by atoms with E-state index in [2.05, 4.69) is 4.98 Å². The average molecular weight is 283 g/mol. The normalized spacial score (nSPS) is 12.7. The Morgan fingerprint density at radius 1 is 1.05 bits per heavy atom. The first-order valence-electron chi connectivity index (χ1n) is 6.11. The molecule has 0 spiro atoms. The van der Waals surface area contributed by atoms with Crippen molar-refractivity contribution in [2.24, 2.45) is 0 Å². The van der Waals surface area contributed by atoms with E-state index in [1.165, 1.54) is 12.1 Å². The van der Waals surface area contributed by atoms with Gasteiger partial charge in [0.15, 0.2) is 0 Å². The fourth-order valence-corrected chi connectivity index (χ4v) is 1.93. The van der Waals surface area contributed by atoms with E-state index in [0.29, 0.717) is 17.1 Å². The maximum absolute atomic E-state index is 12.5. The maximum atomic E-state index is 12.5. The molecule has 108 valence electrons. The minimum absolute atomic E-state index is 0.235. The molecule has 0 aliphatic rings. The number of anilines is 1. The minimum atomic E-state index is -4.34. The lowest BCUT2D eigenvalue weighted by Gasteiger charge is -2.22. The fourth-order valence-electron chi connectivity index (χ4n) is 1.93. The van der Waals surface area contributed by atoms with Crippen LogP contribution in [0.2, 0.25) is 0 Å². The van der Waals surface area contributed by atoms with Gasteiger partial charge in [-0.25, -0.2) is 4.98 Å². The highest BCUT2D eigenvalue weighted by atomic mass is 19.4. The van der Waals surface area contributed by atoms with Gasteiger partial charge in [-0.15, -0.1) is 0 Å². The van der Waals surface area contributed by atoms with Crippen molar-refractivity contribution in [2.75, 3.05) is 5.73 Å². The van der Waals surface area contributed by atoms with E-state index in [9.17, 15) is 13.2 Å². The number of alkyl halides is 3. The molecule has 2 rings (SSSR count). The molecule has 0 radical (unpaired) electrons. The van der Waals surface area contributed by atoms with Crippen LogP contribution in [0.15, 0.2) is 30.6 Å². The Bertz CT molecular complexity index is 604. The second-order valence-corrected chi connectivity index (χ2v) is 5.59. The van der Waals surface area contributed by atoms with Gasteiger partial charge in [-0.05, 0) is 32.9 Å². The van der Waals surface area contributed by atoms with Crippen LogP contribution in [0.5, 0.6) is 0 Å². The van der Waals surface area contributed by atoms with E-state index >= 15 is 0 Å². The van der Waals surface area contributed by atoms with Crippen molar-refractivity contribution in [2.45, 2.75) is 32.5 Å². The van der Waals surface area contributed by atoms with Crippen LogP contribution in [0.25, 0.3) is 11.3 Å². The van der Waals surface area contributed by atoms with Crippen LogP contribution in [-0.2, 0) is 11.7 Å². The molecule has 1 aromatic carbocycles. The van der Waals surface area contributed by atoms with E-state index in [-0.39, 0.29) is 5.54 Å². The topological polar surface area (TPSA) is 43.8 Å². The number of nitrogens with two attached hydrogens (primary N) is 1. The first-order chi connectivity index (χ1) is 9.10. The Morgan fingerprint density at radius 3 is 2.00 bits per heavy atom. The predicted molar refractivity (Wildman–Crippen MR) is 72.1 cm³/mol. The van der Waals surface area contributed by atoms with Crippen LogP contribution < -0.4 is 5.73 Å². The highest BCUT2D eigenvalue weighted by Crippen LogP contribution is 2.33. The Hall–Kier alpha value is -1.98. The summed E-state index contributed by atoms with van der Waals surface area (Å²) in [6.45, 7) is 5.92. The van der Waals surface area contributed by atoms with Gasteiger partial charge in [0, 0.05) is 11.1 Å². The molecule has 6 heteroatoms. The van der Waals surface area contributed by atoms with Crippen LogP contribution in [0.3, 0.4) is 0 Å². The Balaban J connectivity index is 2.41. The highest BCUT2D eigenvalue weighted by molar-refractivity contribution is 5.70. The van der Waals surface area contributed by atoms with Crippen LogP contribution in [0.4, 0.5) is 19.0 Å². The molecule has 2 aromatic rings. The van der Waals surface area contributed by atoms with Crippen LogP contribution in [0, 0.1) is 0 Å². The summed E-state index contributed by atoms with van der Waals surface area (Å²) >= 11 is 0. The summed E-state index contributed by atoms with van der Waals surface area (Å²) < 4.78 is 39.3. The Morgan fingerprint density at radius 2 is 1.60 bits per heavy atom. The zero-order valence-corrected chi connectivity index (χ0v) is 11.5. The molecule has 3 nitrogen and oxygen atoms in total. The van der Waals surface area contributed by atoms with Gasteiger partial charge in [0.2, 0.25) is 0 Å². The second-order valence-electron chi connectivity index (χ2n) is 5.59. The number of hydrogen-bond acceptors (Lipinski definition) is 2. The van der Waals surface area contributed by atoms with Crippen LogP contribution >= 0.6 is 0 Å². The molecule has 0 amide bonds. The first-order valence-corrected chi connectivity index (χ1v) is 6.11. The molecule has 0 aliphatic carbocycles. The third-order valence-corrected chi connectivity index (χ3v) is 3.01. The summed E-state index contributed by atoms with van der Waals surface area (Å²) in [5.41, 5.74) is 6.17. The van der Waals surface area contributed by atoms with E-state index in [0.717, 1.165) is 12.1 Å². The third kappa shape index (κ3) is 2.64. The number of nitrogens with zero attached hydrogens (tertiary/aromatic N) is 2. The van der Waals surface area contributed by atoms with E-state index < -0.39 is 11.7 Å². The monoisotopic (exact) mass is 283 g/mol. The molecule has 0 unspecified atom stereocenters. The number of imidazole rings is 1. The molecule has 20 heavy (non-hydrogen) atoms. The van der Waals surface area contributed by atoms with Gasteiger partial charge in [0.05, 0.1) is 11.9 Å². The Labute approximate surface area is 115 Å². The largest absolute Gasteiger partial charge is 0.416 e. The standard InChI is InChI=1S/C14H16F3N3/c1-13(2,3)20-8-19-11(12(20)18)9-4-6-10(7-5-9)14(15,16)17/h4-8H,18H2,1-3H3. The van der Waals surface area contributed by atoms with Gasteiger partial charge >= 0.3 is 6.18 Å². The number of aromatic nitrogens is 2. The van der Waals surface area contributed by atoms with Crippen molar-refractivity contribution in [1.82, 2.24) is 9.55 Å². The van der Waals surface area contributed by atoms with Gasteiger partial charge in [0.25, 0.3) is 0 Å². The summed E-state index contributed by atoms with van der Waals surface area (Å²) in [6.07, 6.45) is -2.74. The average Bonchev–Trinajstić information content (AvgIpc) is 2.70. The molecule has 1 heterocycles. The summed E-state index contributed by atoms with van der Waals surface area (Å²) in [7, 11) is 0. The summed E-state index contributed by atoms with van der Waals surface area (Å²) in [5, 5.41) is 0. The van der Waals surface area contributed by atoms with Crippen molar-refractivity contribution in [3.8, 4) is 11.3 Å². The molecule has 0 bridgehead atoms. The van der Waals surface area contributed by atoms with Gasteiger partial charge in [-0.3, -0.25) is 0 Å². The van der Waals surface area contributed by atoms with E-state index in [1.807, 2.05) is 20.8 Å². The van der Waals surface area contributed by atoms with Crippen molar-refractivity contribution in [3.05, 3.63) is 36.2 Å². The molecule has 2 N–H and O–H groups in total. The first kappa shape index (κ1) is 14.4. The lowest BCUT2D eigenvalue weighted by molar-refractivity contribution is -0.137. The number of halogens is 3. The van der Waals surface area contributed by atoms with E-state index in [1.54, 1.807) is 10.9 Å². The highest BCUT2D eigenvalue weighted by Gasteiger charge is 2.30. The summed E-state index contributed by atoms with van der Waals surface area (Å²) in [4.78, 5) is 4.20. The second kappa shape index (κ2) is 4.54. The zero-order valence-electron chi connectivity index (χ0n) is 11.5. The molecule has 0 saturated heterocycles. The molecule has 0 saturated carbocycles. The lowest BCUT2D eigenvalue weighted by Crippen LogP contribution is -2.22. The third-order valence-electron chi connectivity index (χ3n) is 3.01. The number of hydrogen-bond donors (Lipinski definition) is 1. The molecular formula is C14H16F3N3. The van der Waals surface area contributed by atoms with Gasteiger partial charge in [0.1, 0.15) is 11.5 Å². The predicted octanol–water partition coefficient (Wildman–Crippen LogP) is 3.91. The molecule has 0 aliphatic heterocycles. The molecular weight excluding hydrogens is 267 g/mol. The van der Waals surface area contributed by atoms with Crippen LogP contribution in [0.1, 0.15) is 26.3 Å². The SMILES string of the molecule is CC(C)(C)n1cnc(-c2ccc(C(F)(F)F)cc2)c1N. The van der Waals surface area contributed by atoms with Crippen molar-refractivity contribution in [3.63, 3.8) is 0 Å². The fraction of sp³-hybridized carbons (Fsp3) is 0.357. The number of rotatable bonds is 1. The van der Waals surface area contributed by atoms with Crippen LogP contribution in [-0.4, -0.2) is 9.55 Å². The van der Waals surface area contributed by atoms with Gasteiger partial charge in [-0.2, -0.15) is 13.2 Å². The minimum Gasteiger partial charge on any atom is -0.383 e. The van der Waals surface area contributed by atoms with Crippen molar-refractivity contribution < 1.29 is 13.2 Å². The van der Waals surface area contributed by atoms with Gasteiger partial charge < -0.3 is 10.3 Å². The van der Waals surface area contributed by atoms with E-state index in [4.69, 9.17) is 5.73 Å². The molecule has 0 atom stereocenters. The zero-order chi connectivity index (χ0) is 15.1. The molecule has 0 fully saturated rings. The lowest BCUT2D eigenvalue weighted by atomic mass is 10.1. The van der Waals surface area contributed by atoms with Gasteiger partial charge in [-0.1, -0.05) is 12.1 Å².